The standard InChI is InChI=1S/C16H17N5O3S2/c1-10(12-6-21(20-19-12)7-16(23)24)17-14(22)8-25-9-15-18-11-4-2-3-5-13(11)26-15/h2-6,10H,7-9H2,1H3,(H,17,22)(H,23,24). The molecule has 1 atom stereocenters. The van der Waals surface area contributed by atoms with Crippen molar-refractivity contribution < 1.29 is 14.7 Å². The van der Waals surface area contributed by atoms with Gasteiger partial charge in [0.2, 0.25) is 5.91 Å². The summed E-state index contributed by atoms with van der Waals surface area (Å²) in [7, 11) is 0. The summed E-state index contributed by atoms with van der Waals surface area (Å²) in [5.74, 6) is -0.125. The second-order valence-corrected chi connectivity index (χ2v) is 7.69. The predicted molar refractivity (Wildman–Crippen MR) is 100.0 cm³/mol. The van der Waals surface area contributed by atoms with Crippen molar-refractivity contribution in [1.82, 2.24) is 25.3 Å². The molecule has 136 valence electrons. The molecule has 0 aliphatic rings. The van der Waals surface area contributed by atoms with Crippen molar-refractivity contribution in [2.75, 3.05) is 5.75 Å². The minimum atomic E-state index is -0.996. The molecule has 3 aromatic rings. The number of carboxylic acid groups (broad SMARTS) is 1. The highest BCUT2D eigenvalue weighted by Gasteiger charge is 2.14. The number of carbonyl (C=O) groups is 2. The number of aromatic nitrogens is 4. The average Bonchev–Trinajstić information content (AvgIpc) is 3.20. The summed E-state index contributed by atoms with van der Waals surface area (Å²) in [6, 6.07) is 7.62. The number of thioether (sulfide) groups is 1. The Morgan fingerprint density at radius 3 is 2.96 bits per heavy atom. The van der Waals surface area contributed by atoms with E-state index in [1.807, 2.05) is 24.3 Å². The fourth-order valence-corrected chi connectivity index (χ4v) is 4.16. The molecule has 2 N–H and O–H groups in total. The van der Waals surface area contributed by atoms with Crippen molar-refractivity contribution in [2.45, 2.75) is 25.3 Å². The molecular formula is C16H17N5O3S2. The smallest absolute Gasteiger partial charge is 0.325 e. The molecule has 1 amide bonds. The van der Waals surface area contributed by atoms with E-state index in [0.29, 0.717) is 17.2 Å². The number of benzene rings is 1. The van der Waals surface area contributed by atoms with E-state index in [9.17, 15) is 9.59 Å². The van der Waals surface area contributed by atoms with Crippen molar-refractivity contribution in [3.63, 3.8) is 0 Å². The topological polar surface area (TPSA) is 110 Å². The van der Waals surface area contributed by atoms with Gasteiger partial charge in [-0.2, -0.15) is 0 Å². The molecular weight excluding hydrogens is 374 g/mol. The molecule has 0 fully saturated rings. The molecule has 0 aliphatic heterocycles. The molecule has 0 aliphatic carbocycles. The van der Waals surface area contributed by atoms with Gasteiger partial charge in [-0.1, -0.05) is 17.3 Å². The Hall–Kier alpha value is -2.46. The van der Waals surface area contributed by atoms with E-state index in [-0.39, 0.29) is 18.5 Å². The van der Waals surface area contributed by atoms with Gasteiger partial charge in [0.25, 0.3) is 0 Å². The van der Waals surface area contributed by atoms with Gasteiger partial charge in [0, 0.05) is 5.75 Å². The lowest BCUT2D eigenvalue weighted by Gasteiger charge is -2.10. The maximum Gasteiger partial charge on any atom is 0.325 e. The molecule has 0 spiro atoms. The van der Waals surface area contributed by atoms with Crippen molar-refractivity contribution in [1.29, 1.82) is 0 Å². The number of aliphatic carboxylic acids is 1. The number of fused-ring (bicyclic) bond motifs is 1. The normalized spacial score (nSPS) is 12.2. The largest absolute Gasteiger partial charge is 0.480 e. The number of hydrogen-bond acceptors (Lipinski definition) is 7. The molecule has 8 nitrogen and oxygen atoms in total. The van der Waals surface area contributed by atoms with E-state index >= 15 is 0 Å². The van der Waals surface area contributed by atoms with Crippen LogP contribution in [0.2, 0.25) is 0 Å². The summed E-state index contributed by atoms with van der Waals surface area (Å²) >= 11 is 3.13. The van der Waals surface area contributed by atoms with E-state index in [0.717, 1.165) is 15.2 Å². The van der Waals surface area contributed by atoms with E-state index in [2.05, 4.69) is 20.6 Å². The third kappa shape index (κ3) is 4.79. The van der Waals surface area contributed by atoms with Crippen LogP contribution in [-0.2, 0) is 21.9 Å². The first-order chi connectivity index (χ1) is 12.5. The number of carboxylic acids is 1. The summed E-state index contributed by atoms with van der Waals surface area (Å²) < 4.78 is 2.37. The highest BCUT2D eigenvalue weighted by molar-refractivity contribution is 7.99. The van der Waals surface area contributed by atoms with Crippen LogP contribution in [0.5, 0.6) is 0 Å². The highest BCUT2D eigenvalue weighted by atomic mass is 32.2. The Morgan fingerprint density at radius 1 is 1.38 bits per heavy atom. The first kappa shape index (κ1) is 18.3. The average molecular weight is 391 g/mol. The van der Waals surface area contributed by atoms with E-state index in [1.165, 1.54) is 22.6 Å². The predicted octanol–water partition coefficient (Wildman–Crippen LogP) is 2.08. The van der Waals surface area contributed by atoms with Crippen LogP contribution in [0.15, 0.2) is 30.5 Å². The van der Waals surface area contributed by atoms with Gasteiger partial charge >= 0.3 is 5.97 Å². The number of para-hydroxylation sites is 1. The molecule has 3 rings (SSSR count). The van der Waals surface area contributed by atoms with Crippen LogP contribution in [0.4, 0.5) is 0 Å². The van der Waals surface area contributed by atoms with Gasteiger partial charge < -0.3 is 10.4 Å². The number of hydrogen-bond donors (Lipinski definition) is 2. The summed E-state index contributed by atoms with van der Waals surface area (Å²) in [4.78, 5) is 27.3. The van der Waals surface area contributed by atoms with Crippen LogP contribution in [0, 0.1) is 0 Å². The maximum absolute atomic E-state index is 12.1. The van der Waals surface area contributed by atoms with Gasteiger partial charge in [0.1, 0.15) is 17.2 Å². The number of nitrogens with one attached hydrogen (secondary N) is 1. The van der Waals surface area contributed by atoms with Crippen molar-refractivity contribution >= 4 is 45.2 Å². The Bertz CT molecular complexity index is 890. The fraction of sp³-hybridized carbons (Fsp3) is 0.312. The van der Waals surface area contributed by atoms with Crippen LogP contribution in [0.1, 0.15) is 23.7 Å². The van der Waals surface area contributed by atoms with Gasteiger partial charge in [-0.3, -0.25) is 9.59 Å². The zero-order chi connectivity index (χ0) is 18.5. The number of thiazole rings is 1. The summed E-state index contributed by atoms with van der Waals surface area (Å²) in [5, 5.41) is 20.2. The molecule has 0 saturated heterocycles. The van der Waals surface area contributed by atoms with Crippen LogP contribution in [0.3, 0.4) is 0 Å². The minimum absolute atomic E-state index is 0.114. The van der Waals surface area contributed by atoms with Crippen molar-refractivity contribution in [2.24, 2.45) is 0 Å². The van der Waals surface area contributed by atoms with Gasteiger partial charge in [-0.05, 0) is 19.1 Å². The summed E-state index contributed by atoms with van der Waals surface area (Å²) in [6.07, 6.45) is 1.52. The van der Waals surface area contributed by atoms with Crippen molar-refractivity contribution in [3.8, 4) is 0 Å². The SMILES string of the molecule is CC(NC(=O)CSCc1nc2ccccc2s1)c1cn(CC(=O)O)nn1. The third-order valence-corrected chi connectivity index (χ3v) is 5.63. The molecule has 1 unspecified atom stereocenters. The first-order valence-electron chi connectivity index (χ1n) is 7.84. The monoisotopic (exact) mass is 391 g/mol. The molecule has 2 aromatic heterocycles. The highest BCUT2D eigenvalue weighted by Crippen LogP contribution is 2.24. The molecule has 1 aromatic carbocycles. The van der Waals surface area contributed by atoms with Crippen LogP contribution >= 0.6 is 23.1 Å². The molecule has 2 heterocycles. The Labute approximate surface area is 157 Å². The molecule has 0 saturated carbocycles. The van der Waals surface area contributed by atoms with Crippen LogP contribution in [-0.4, -0.2) is 42.7 Å². The lowest BCUT2D eigenvalue weighted by atomic mass is 10.2. The summed E-state index contributed by atoms with van der Waals surface area (Å²) in [5.41, 5.74) is 1.51. The van der Waals surface area contributed by atoms with Gasteiger partial charge in [0.15, 0.2) is 0 Å². The Kier molecular flexibility index (Phi) is 5.84. The number of nitrogens with zero attached hydrogens (tertiary/aromatic N) is 4. The second kappa shape index (κ2) is 8.28. The first-order valence-corrected chi connectivity index (χ1v) is 9.82. The van der Waals surface area contributed by atoms with Gasteiger partial charge in [-0.15, -0.1) is 28.2 Å². The fourth-order valence-electron chi connectivity index (χ4n) is 2.30. The molecule has 10 heteroatoms. The molecule has 0 bridgehead atoms. The van der Waals surface area contributed by atoms with Gasteiger partial charge in [0.05, 0.1) is 28.2 Å². The maximum atomic E-state index is 12.1. The van der Waals surface area contributed by atoms with Gasteiger partial charge in [-0.25, -0.2) is 9.67 Å². The van der Waals surface area contributed by atoms with E-state index in [1.54, 1.807) is 18.3 Å². The summed E-state index contributed by atoms with van der Waals surface area (Å²) in [6.45, 7) is 1.52. The quantitative estimate of drug-likeness (QED) is 0.605. The Morgan fingerprint density at radius 2 is 2.19 bits per heavy atom. The van der Waals surface area contributed by atoms with E-state index < -0.39 is 5.97 Å². The number of amides is 1. The lowest BCUT2D eigenvalue weighted by Crippen LogP contribution is -2.28. The minimum Gasteiger partial charge on any atom is -0.480 e. The molecule has 0 radical (unpaired) electrons. The Balaban J connectivity index is 1.46. The zero-order valence-electron chi connectivity index (χ0n) is 14.0. The molecule has 26 heavy (non-hydrogen) atoms. The second-order valence-electron chi connectivity index (χ2n) is 5.59. The van der Waals surface area contributed by atoms with Crippen LogP contribution in [0.25, 0.3) is 10.2 Å². The zero-order valence-corrected chi connectivity index (χ0v) is 15.6. The number of rotatable bonds is 8. The van der Waals surface area contributed by atoms with Crippen molar-refractivity contribution in [3.05, 3.63) is 41.2 Å². The van der Waals surface area contributed by atoms with E-state index in [4.69, 9.17) is 5.11 Å². The lowest BCUT2D eigenvalue weighted by molar-refractivity contribution is -0.138. The number of carbonyl (C=O) groups excluding carboxylic acids is 1. The third-order valence-electron chi connectivity index (χ3n) is 3.47. The van der Waals surface area contributed by atoms with Crippen LogP contribution < -0.4 is 5.32 Å².